The van der Waals surface area contributed by atoms with Crippen molar-refractivity contribution in [2.45, 2.75) is 16.1 Å². The molecule has 1 aliphatic heterocycles. The van der Waals surface area contributed by atoms with Crippen molar-refractivity contribution >= 4 is 81.4 Å². The van der Waals surface area contributed by atoms with Crippen molar-refractivity contribution in [1.82, 2.24) is 4.90 Å². The number of amides is 3. The first-order chi connectivity index (χ1) is 11.3. The maximum absolute atomic E-state index is 12.9. The fourth-order valence-electron chi connectivity index (χ4n) is 4.33. The van der Waals surface area contributed by atoms with Crippen molar-refractivity contribution in [2.24, 2.45) is 23.7 Å². The van der Waals surface area contributed by atoms with Gasteiger partial charge in [0.25, 0.3) is 5.91 Å². The summed E-state index contributed by atoms with van der Waals surface area (Å²) in [5.74, 6) is -1.78. The summed E-state index contributed by atoms with van der Waals surface area (Å²) in [7, 11) is 0. The molecule has 8 heteroatoms. The lowest BCUT2D eigenvalue weighted by Gasteiger charge is -2.28. The Morgan fingerprint density at radius 2 is 1.54 bits per heavy atom. The van der Waals surface area contributed by atoms with Crippen LogP contribution in [0.3, 0.4) is 0 Å². The summed E-state index contributed by atoms with van der Waals surface area (Å²) in [6.45, 7) is 0. The quantitative estimate of drug-likeness (QED) is 0.369. The molecule has 3 aliphatic rings. The number of nitrogens with zero attached hydrogens (tertiary/aromatic N) is 1. The highest BCUT2D eigenvalue weighted by atomic mass is 79.9. The molecule has 0 radical (unpaired) electrons. The van der Waals surface area contributed by atoms with Crippen molar-refractivity contribution < 1.29 is 14.4 Å². The van der Waals surface area contributed by atoms with Gasteiger partial charge in [-0.1, -0.05) is 47.8 Å². The second-order valence-corrected chi connectivity index (χ2v) is 10.3. The largest absolute Gasteiger partial charge is 0.274 e. The molecule has 0 N–H and O–H groups in total. The zero-order chi connectivity index (χ0) is 17.3. The predicted octanol–water partition coefficient (Wildman–Crippen LogP) is 4.13. The number of halogens is 4. The van der Waals surface area contributed by atoms with E-state index in [0.717, 1.165) is 15.8 Å². The molecule has 6 unspecified atom stereocenters. The summed E-state index contributed by atoms with van der Waals surface area (Å²) in [5.41, 5.74) is 0.318. The van der Waals surface area contributed by atoms with Crippen LogP contribution in [0.5, 0.6) is 0 Å². The minimum absolute atomic E-state index is 0.104. The summed E-state index contributed by atoms with van der Waals surface area (Å²) < 4.78 is 1.36. The van der Waals surface area contributed by atoms with Gasteiger partial charge in [0.05, 0.1) is 17.4 Å². The maximum Gasteiger partial charge on any atom is 0.268 e. The van der Waals surface area contributed by atoms with Gasteiger partial charge < -0.3 is 0 Å². The van der Waals surface area contributed by atoms with E-state index in [1.54, 1.807) is 18.2 Å². The zero-order valence-electron chi connectivity index (χ0n) is 12.1. The Bertz CT molecular complexity index is 751. The summed E-state index contributed by atoms with van der Waals surface area (Å²) in [6.07, 6.45) is 0.850. The number of hydrogen-bond donors (Lipinski definition) is 0. The van der Waals surface area contributed by atoms with Gasteiger partial charge in [-0.25, -0.2) is 4.90 Å². The first-order valence-corrected chi connectivity index (χ1v) is 10.9. The third-order valence-corrected chi connectivity index (χ3v) is 9.71. The molecule has 6 atom stereocenters. The number of hydrogen-bond acceptors (Lipinski definition) is 3. The smallest absolute Gasteiger partial charge is 0.268 e. The van der Waals surface area contributed by atoms with Crippen LogP contribution in [0.15, 0.2) is 27.1 Å². The highest BCUT2D eigenvalue weighted by molar-refractivity contribution is 9.12. The fourth-order valence-corrected chi connectivity index (χ4v) is 7.42. The second-order valence-electron chi connectivity index (χ2n) is 6.45. The van der Waals surface area contributed by atoms with Crippen LogP contribution in [0.25, 0.3) is 0 Å². The van der Waals surface area contributed by atoms with Crippen molar-refractivity contribution in [1.29, 1.82) is 0 Å². The number of likely N-dealkylation sites (tertiary alicyclic amines) is 1. The van der Waals surface area contributed by atoms with Gasteiger partial charge in [-0.3, -0.25) is 14.4 Å². The summed E-state index contributed by atoms with van der Waals surface area (Å²) >= 11 is 13.9. The van der Waals surface area contributed by atoms with Gasteiger partial charge >= 0.3 is 0 Å². The van der Waals surface area contributed by atoms with Crippen LogP contribution in [0.1, 0.15) is 16.8 Å². The van der Waals surface area contributed by atoms with Gasteiger partial charge in [0.1, 0.15) is 0 Å². The van der Waals surface area contributed by atoms with Gasteiger partial charge in [-0.05, 0) is 52.4 Å². The van der Waals surface area contributed by atoms with Gasteiger partial charge in [0, 0.05) is 18.6 Å². The number of benzene rings is 1. The van der Waals surface area contributed by atoms with E-state index in [2.05, 4.69) is 63.7 Å². The molecular formula is C16H11Br4NO3. The Hall–Kier alpha value is -0.0500. The SMILES string of the molecule is O=C(c1ccc(Br)cc1Br)N1C(=O)C2C3CC(C(Br)C3Br)C2C1=O. The molecule has 1 saturated heterocycles. The van der Waals surface area contributed by atoms with Gasteiger partial charge in [0.2, 0.25) is 11.8 Å². The first-order valence-electron chi connectivity index (χ1n) is 7.48. The van der Waals surface area contributed by atoms with Gasteiger partial charge in [0.15, 0.2) is 0 Å². The number of alkyl halides is 2. The standard InChI is InChI=1S/C16H11Br4NO3/c17-5-1-2-6(9(18)3-5)14(22)21-15(23)10-7-4-8(11(10)16(21)24)13(20)12(7)19/h1-3,7-8,10-13H,4H2. The molecule has 2 bridgehead atoms. The Kier molecular flexibility index (Phi) is 4.34. The molecule has 1 aromatic rings. The number of rotatable bonds is 1. The van der Waals surface area contributed by atoms with Crippen LogP contribution < -0.4 is 0 Å². The van der Waals surface area contributed by atoms with Crippen LogP contribution >= 0.6 is 63.7 Å². The normalized spacial score (nSPS) is 37.2. The maximum atomic E-state index is 12.9. The first kappa shape index (κ1) is 17.4. The Balaban J connectivity index is 1.70. The number of carbonyl (C=O) groups is 3. The second kappa shape index (κ2) is 5.99. The third-order valence-electron chi connectivity index (χ3n) is 5.35. The zero-order valence-corrected chi connectivity index (χ0v) is 18.4. The van der Waals surface area contributed by atoms with E-state index in [0.29, 0.717) is 10.0 Å². The molecule has 24 heavy (non-hydrogen) atoms. The molecule has 2 aliphatic carbocycles. The molecule has 3 amide bonds. The monoisotopic (exact) mass is 581 g/mol. The van der Waals surface area contributed by atoms with Crippen molar-refractivity contribution in [3.63, 3.8) is 0 Å². The van der Waals surface area contributed by atoms with E-state index in [1.807, 2.05) is 0 Å². The van der Waals surface area contributed by atoms with Crippen LogP contribution in [0.4, 0.5) is 0 Å². The van der Waals surface area contributed by atoms with E-state index in [-0.39, 0.29) is 45.1 Å². The Morgan fingerprint density at radius 1 is 1.00 bits per heavy atom. The van der Waals surface area contributed by atoms with Crippen LogP contribution in [0, 0.1) is 23.7 Å². The number of fused-ring (bicyclic) bond motifs is 5. The van der Waals surface area contributed by atoms with Crippen LogP contribution in [-0.2, 0) is 9.59 Å². The molecule has 0 spiro atoms. The lowest BCUT2D eigenvalue weighted by Crippen LogP contribution is -2.38. The molecule has 1 aromatic carbocycles. The van der Waals surface area contributed by atoms with E-state index < -0.39 is 5.91 Å². The third kappa shape index (κ3) is 2.28. The topological polar surface area (TPSA) is 54.5 Å². The lowest BCUT2D eigenvalue weighted by molar-refractivity contribution is -0.137. The molecule has 3 fully saturated rings. The Morgan fingerprint density at radius 3 is 2.04 bits per heavy atom. The predicted molar refractivity (Wildman–Crippen MR) is 102 cm³/mol. The van der Waals surface area contributed by atoms with Crippen molar-refractivity contribution in [3.05, 3.63) is 32.7 Å². The van der Waals surface area contributed by atoms with Crippen LogP contribution in [0.2, 0.25) is 0 Å². The average Bonchev–Trinajstić information content (AvgIpc) is 3.12. The van der Waals surface area contributed by atoms with Gasteiger partial charge in [-0.2, -0.15) is 0 Å². The summed E-state index contributed by atoms with van der Waals surface area (Å²) in [6, 6.07) is 5.06. The Labute approximate surface area is 172 Å². The highest BCUT2D eigenvalue weighted by Gasteiger charge is 2.67. The van der Waals surface area contributed by atoms with E-state index >= 15 is 0 Å². The average molecular weight is 585 g/mol. The molecule has 2 saturated carbocycles. The molecule has 1 heterocycles. The molecule has 4 nitrogen and oxygen atoms in total. The minimum Gasteiger partial charge on any atom is -0.274 e. The van der Waals surface area contributed by atoms with Crippen molar-refractivity contribution in [2.75, 3.05) is 0 Å². The molecule has 126 valence electrons. The van der Waals surface area contributed by atoms with E-state index in [4.69, 9.17) is 0 Å². The van der Waals surface area contributed by atoms with Gasteiger partial charge in [-0.15, -0.1) is 0 Å². The van der Waals surface area contributed by atoms with Crippen LogP contribution in [-0.4, -0.2) is 32.3 Å². The minimum atomic E-state index is -0.546. The van der Waals surface area contributed by atoms with Crippen molar-refractivity contribution in [3.8, 4) is 0 Å². The van der Waals surface area contributed by atoms with E-state index in [1.165, 1.54) is 0 Å². The number of carbonyl (C=O) groups excluding carboxylic acids is 3. The lowest BCUT2D eigenvalue weighted by atomic mass is 9.81. The molecule has 4 rings (SSSR count). The summed E-state index contributed by atoms with van der Waals surface area (Å²) in [5, 5.41) is 0. The highest BCUT2D eigenvalue weighted by Crippen LogP contribution is 2.60. The molecule has 0 aromatic heterocycles. The number of imide groups is 3. The molecular weight excluding hydrogens is 574 g/mol. The van der Waals surface area contributed by atoms with E-state index in [9.17, 15) is 14.4 Å². The summed E-state index contributed by atoms with van der Waals surface area (Å²) in [4.78, 5) is 39.7. The fraction of sp³-hybridized carbons (Fsp3) is 0.438.